The Hall–Kier alpha value is -0.970. The van der Waals surface area contributed by atoms with Crippen LogP contribution >= 0.6 is 0 Å². The van der Waals surface area contributed by atoms with E-state index in [2.05, 4.69) is 22.3 Å². The molecule has 2 rings (SSSR count). The number of hydrogen-bond donors (Lipinski definition) is 1. The first kappa shape index (κ1) is 9.58. The van der Waals surface area contributed by atoms with Crippen molar-refractivity contribution < 1.29 is 5.11 Å². The highest BCUT2D eigenvalue weighted by molar-refractivity contribution is 4.89. The fourth-order valence-electron chi connectivity index (χ4n) is 2.15. The van der Waals surface area contributed by atoms with Gasteiger partial charge in [0.05, 0.1) is 13.2 Å². The van der Waals surface area contributed by atoms with Crippen LogP contribution in [0.5, 0.6) is 0 Å². The van der Waals surface area contributed by atoms with Crippen LogP contribution in [0.3, 0.4) is 0 Å². The van der Waals surface area contributed by atoms with Gasteiger partial charge in [-0.15, -0.1) is 10.2 Å². The van der Waals surface area contributed by atoms with Crippen molar-refractivity contribution in [3.63, 3.8) is 0 Å². The van der Waals surface area contributed by atoms with E-state index in [1.54, 1.807) is 7.05 Å². The predicted octanol–water partition coefficient (Wildman–Crippen LogP) is 0.160. The number of aromatic nitrogens is 4. The summed E-state index contributed by atoms with van der Waals surface area (Å²) in [6.07, 6.45) is 2.68. The molecule has 0 saturated heterocycles. The number of hydrogen-bond acceptors (Lipinski definition) is 4. The van der Waals surface area contributed by atoms with Crippen LogP contribution in [-0.4, -0.2) is 31.4 Å². The SMILES string of the molecule is CC1C(O)CCC1Cc1nnn(C)n1. The summed E-state index contributed by atoms with van der Waals surface area (Å²) in [5, 5.41) is 21.5. The lowest BCUT2D eigenvalue weighted by Gasteiger charge is -2.14. The largest absolute Gasteiger partial charge is 0.393 e. The smallest absolute Gasteiger partial charge is 0.175 e. The Morgan fingerprint density at radius 3 is 2.79 bits per heavy atom. The Balaban J connectivity index is 1.98. The molecule has 1 aliphatic carbocycles. The van der Waals surface area contributed by atoms with Gasteiger partial charge in [-0.05, 0) is 29.9 Å². The third-order valence-corrected chi connectivity index (χ3v) is 3.18. The fraction of sp³-hybridized carbons (Fsp3) is 0.889. The van der Waals surface area contributed by atoms with Crippen LogP contribution in [-0.2, 0) is 13.5 Å². The minimum atomic E-state index is -0.142. The quantitative estimate of drug-likeness (QED) is 0.731. The van der Waals surface area contributed by atoms with E-state index in [9.17, 15) is 5.11 Å². The van der Waals surface area contributed by atoms with E-state index in [4.69, 9.17) is 0 Å². The van der Waals surface area contributed by atoms with Crippen molar-refractivity contribution in [3.05, 3.63) is 5.82 Å². The van der Waals surface area contributed by atoms with E-state index >= 15 is 0 Å². The average molecular weight is 196 g/mol. The van der Waals surface area contributed by atoms with E-state index < -0.39 is 0 Å². The molecule has 5 heteroatoms. The molecule has 14 heavy (non-hydrogen) atoms. The summed E-state index contributed by atoms with van der Waals surface area (Å²) >= 11 is 0. The molecule has 0 radical (unpaired) electrons. The molecule has 1 heterocycles. The molecule has 0 aliphatic heterocycles. The lowest BCUT2D eigenvalue weighted by Crippen LogP contribution is -2.17. The first-order valence-corrected chi connectivity index (χ1v) is 5.07. The predicted molar refractivity (Wildman–Crippen MR) is 50.4 cm³/mol. The molecule has 0 spiro atoms. The van der Waals surface area contributed by atoms with Gasteiger partial charge < -0.3 is 5.11 Å². The van der Waals surface area contributed by atoms with Crippen LogP contribution in [0, 0.1) is 11.8 Å². The highest BCUT2D eigenvalue weighted by atomic mass is 16.3. The van der Waals surface area contributed by atoms with Gasteiger partial charge in [0.15, 0.2) is 5.82 Å². The minimum Gasteiger partial charge on any atom is -0.393 e. The molecular formula is C9H16N4O. The van der Waals surface area contributed by atoms with Gasteiger partial charge in [-0.1, -0.05) is 6.92 Å². The van der Waals surface area contributed by atoms with Gasteiger partial charge >= 0.3 is 0 Å². The maximum atomic E-state index is 9.59. The topological polar surface area (TPSA) is 63.8 Å². The van der Waals surface area contributed by atoms with Gasteiger partial charge in [-0.25, -0.2) is 0 Å². The van der Waals surface area contributed by atoms with Crippen molar-refractivity contribution in [1.29, 1.82) is 0 Å². The van der Waals surface area contributed by atoms with E-state index in [-0.39, 0.29) is 6.10 Å². The monoisotopic (exact) mass is 196 g/mol. The van der Waals surface area contributed by atoms with E-state index in [1.165, 1.54) is 4.80 Å². The molecule has 0 amide bonds. The molecular weight excluding hydrogens is 180 g/mol. The maximum Gasteiger partial charge on any atom is 0.175 e. The molecule has 78 valence electrons. The summed E-state index contributed by atoms with van der Waals surface area (Å²) in [5.41, 5.74) is 0. The van der Waals surface area contributed by atoms with Crippen molar-refractivity contribution >= 4 is 0 Å². The molecule has 1 aromatic heterocycles. The standard InChI is InChI=1S/C9H16N4O/c1-6-7(3-4-8(6)14)5-9-10-12-13(2)11-9/h6-8,14H,3-5H2,1-2H3. The van der Waals surface area contributed by atoms with Crippen LogP contribution in [0.15, 0.2) is 0 Å². The van der Waals surface area contributed by atoms with Gasteiger partial charge in [0.1, 0.15) is 0 Å². The number of aryl methyl sites for hydroxylation is 1. The molecule has 3 atom stereocenters. The van der Waals surface area contributed by atoms with Crippen LogP contribution in [0.1, 0.15) is 25.6 Å². The van der Waals surface area contributed by atoms with Crippen LogP contribution in [0.2, 0.25) is 0 Å². The maximum absolute atomic E-state index is 9.59. The first-order chi connectivity index (χ1) is 6.66. The average Bonchev–Trinajstić information content (AvgIpc) is 2.67. The van der Waals surface area contributed by atoms with Crippen LogP contribution in [0.25, 0.3) is 0 Å². The molecule has 3 unspecified atom stereocenters. The molecule has 0 aromatic carbocycles. The van der Waals surface area contributed by atoms with Crippen molar-refractivity contribution in [2.24, 2.45) is 18.9 Å². The highest BCUT2D eigenvalue weighted by Gasteiger charge is 2.32. The summed E-state index contributed by atoms with van der Waals surface area (Å²) in [7, 11) is 1.77. The summed E-state index contributed by atoms with van der Waals surface area (Å²) in [5.74, 6) is 1.66. The second-order valence-electron chi connectivity index (χ2n) is 4.16. The van der Waals surface area contributed by atoms with E-state index in [0.717, 1.165) is 25.1 Å². The Morgan fingerprint density at radius 1 is 1.50 bits per heavy atom. The van der Waals surface area contributed by atoms with Gasteiger partial charge in [-0.3, -0.25) is 0 Å². The second kappa shape index (κ2) is 3.65. The zero-order valence-corrected chi connectivity index (χ0v) is 8.59. The second-order valence-corrected chi connectivity index (χ2v) is 4.16. The zero-order valence-electron chi connectivity index (χ0n) is 8.59. The van der Waals surface area contributed by atoms with Crippen LogP contribution in [0.4, 0.5) is 0 Å². The van der Waals surface area contributed by atoms with Gasteiger partial charge in [0, 0.05) is 6.42 Å². The summed E-state index contributed by atoms with van der Waals surface area (Å²) < 4.78 is 0. The molecule has 1 saturated carbocycles. The van der Waals surface area contributed by atoms with Crippen molar-refractivity contribution in [2.75, 3.05) is 0 Å². The Bertz CT molecular complexity index is 312. The van der Waals surface area contributed by atoms with E-state index in [0.29, 0.717) is 11.8 Å². The number of tetrazole rings is 1. The molecule has 1 aliphatic rings. The number of nitrogens with zero attached hydrogens (tertiary/aromatic N) is 4. The Morgan fingerprint density at radius 2 is 2.29 bits per heavy atom. The molecule has 5 nitrogen and oxygen atoms in total. The molecule has 1 aromatic rings. The number of aliphatic hydroxyl groups is 1. The number of rotatable bonds is 2. The molecule has 1 fully saturated rings. The van der Waals surface area contributed by atoms with Crippen molar-refractivity contribution in [2.45, 2.75) is 32.3 Å². The van der Waals surface area contributed by atoms with Gasteiger partial charge in [0.25, 0.3) is 0 Å². The third kappa shape index (κ3) is 1.77. The summed E-state index contributed by atoms with van der Waals surface area (Å²) in [6, 6.07) is 0. The lowest BCUT2D eigenvalue weighted by atomic mass is 9.93. The summed E-state index contributed by atoms with van der Waals surface area (Å²) in [4.78, 5) is 1.48. The minimum absolute atomic E-state index is 0.142. The lowest BCUT2D eigenvalue weighted by molar-refractivity contribution is 0.127. The van der Waals surface area contributed by atoms with Crippen molar-refractivity contribution in [1.82, 2.24) is 20.2 Å². The normalized spacial score (nSPS) is 32.4. The molecule has 1 N–H and O–H groups in total. The molecule has 0 bridgehead atoms. The number of aliphatic hydroxyl groups excluding tert-OH is 1. The zero-order chi connectivity index (χ0) is 10.1. The third-order valence-electron chi connectivity index (χ3n) is 3.18. The summed E-state index contributed by atoms with van der Waals surface area (Å²) in [6.45, 7) is 2.10. The highest BCUT2D eigenvalue weighted by Crippen LogP contribution is 2.33. The first-order valence-electron chi connectivity index (χ1n) is 5.07. The Kier molecular flexibility index (Phi) is 2.50. The van der Waals surface area contributed by atoms with Crippen LogP contribution < -0.4 is 0 Å². The van der Waals surface area contributed by atoms with Gasteiger partial charge in [-0.2, -0.15) is 4.80 Å². The van der Waals surface area contributed by atoms with E-state index in [1.807, 2.05) is 0 Å². The van der Waals surface area contributed by atoms with Crippen molar-refractivity contribution in [3.8, 4) is 0 Å². The van der Waals surface area contributed by atoms with Gasteiger partial charge in [0.2, 0.25) is 0 Å². The fourth-order valence-corrected chi connectivity index (χ4v) is 2.15. The Labute approximate surface area is 83.1 Å².